The molecule has 126 valence electrons. The third-order valence-electron chi connectivity index (χ3n) is 3.46. The van der Waals surface area contributed by atoms with E-state index in [4.69, 9.17) is 26.4 Å². The second kappa shape index (κ2) is 7.88. The number of nitrogens with one attached hydrogen (secondary N) is 2. The molecule has 1 aliphatic rings. The fraction of sp³-hybridized carbons (Fsp3) is 0.278. The molecule has 1 aliphatic heterocycles. The minimum absolute atomic E-state index is 0.550. The first kappa shape index (κ1) is 16.4. The second-order valence-electron chi connectivity index (χ2n) is 5.25. The Kier molecular flexibility index (Phi) is 5.38. The van der Waals surface area contributed by atoms with Crippen LogP contribution in [0.4, 0.5) is 5.69 Å². The first-order valence-electron chi connectivity index (χ1n) is 7.91. The van der Waals surface area contributed by atoms with Crippen molar-refractivity contribution in [1.29, 1.82) is 0 Å². The van der Waals surface area contributed by atoms with Crippen LogP contribution in [0.25, 0.3) is 0 Å². The van der Waals surface area contributed by atoms with Crippen molar-refractivity contribution in [3.8, 4) is 17.2 Å². The molecule has 3 rings (SSSR count). The van der Waals surface area contributed by atoms with E-state index in [1.165, 1.54) is 0 Å². The van der Waals surface area contributed by atoms with Crippen LogP contribution in [0.5, 0.6) is 17.2 Å². The van der Waals surface area contributed by atoms with Gasteiger partial charge in [-0.2, -0.15) is 0 Å². The Morgan fingerprint density at radius 3 is 2.79 bits per heavy atom. The predicted molar refractivity (Wildman–Crippen MR) is 98.1 cm³/mol. The van der Waals surface area contributed by atoms with Crippen molar-refractivity contribution >= 4 is 23.0 Å². The fourth-order valence-electron chi connectivity index (χ4n) is 2.39. The number of ether oxygens (including phenoxy) is 3. The molecule has 2 aromatic rings. The normalized spacial score (nSPS) is 12.4. The monoisotopic (exact) mass is 344 g/mol. The van der Waals surface area contributed by atoms with Gasteiger partial charge >= 0.3 is 0 Å². The molecule has 0 saturated heterocycles. The largest absolute Gasteiger partial charge is 0.494 e. The Labute approximate surface area is 146 Å². The van der Waals surface area contributed by atoms with Gasteiger partial charge in [0.2, 0.25) is 0 Å². The Bertz CT molecular complexity index is 721. The van der Waals surface area contributed by atoms with E-state index in [1.807, 2.05) is 49.4 Å². The molecule has 1 heterocycles. The van der Waals surface area contributed by atoms with Gasteiger partial charge in [0.05, 0.1) is 6.61 Å². The van der Waals surface area contributed by atoms with Crippen molar-refractivity contribution in [2.75, 3.05) is 25.1 Å². The molecule has 2 N–H and O–H groups in total. The number of anilines is 1. The van der Waals surface area contributed by atoms with Crippen molar-refractivity contribution in [3.05, 3.63) is 48.0 Å². The minimum Gasteiger partial charge on any atom is -0.494 e. The SMILES string of the molecule is CCOc1cccc(CNC(=S)Nc2ccc3c(c2)OCCO3)c1. The van der Waals surface area contributed by atoms with E-state index in [9.17, 15) is 0 Å². The average molecular weight is 344 g/mol. The van der Waals surface area contributed by atoms with Gasteiger partial charge in [0.1, 0.15) is 19.0 Å². The number of thiocarbonyl (C=S) groups is 1. The maximum atomic E-state index is 5.57. The maximum Gasteiger partial charge on any atom is 0.171 e. The van der Waals surface area contributed by atoms with Gasteiger partial charge < -0.3 is 24.8 Å². The van der Waals surface area contributed by atoms with Gasteiger partial charge in [0, 0.05) is 18.3 Å². The van der Waals surface area contributed by atoms with Crippen LogP contribution in [0.15, 0.2) is 42.5 Å². The molecule has 0 atom stereocenters. The molecule has 0 bridgehead atoms. The molecule has 0 unspecified atom stereocenters. The standard InChI is InChI=1S/C18H20N2O3S/c1-2-21-15-5-3-4-13(10-15)12-19-18(24)20-14-6-7-16-17(11-14)23-9-8-22-16/h3-7,10-11H,2,8-9,12H2,1H3,(H2,19,20,24). The molecule has 0 amide bonds. The van der Waals surface area contributed by atoms with Crippen LogP contribution in [0, 0.1) is 0 Å². The highest BCUT2D eigenvalue weighted by Crippen LogP contribution is 2.32. The lowest BCUT2D eigenvalue weighted by Crippen LogP contribution is -2.28. The van der Waals surface area contributed by atoms with Crippen molar-refractivity contribution in [2.24, 2.45) is 0 Å². The molecule has 0 spiro atoms. The van der Waals surface area contributed by atoms with Crippen molar-refractivity contribution in [2.45, 2.75) is 13.5 Å². The van der Waals surface area contributed by atoms with Crippen LogP contribution in [-0.2, 0) is 6.54 Å². The van der Waals surface area contributed by atoms with Crippen molar-refractivity contribution in [1.82, 2.24) is 5.32 Å². The summed E-state index contributed by atoms with van der Waals surface area (Å²) in [5.41, 5.74) is 1.96. The highest BCUT2D eigenvalue weighted by Gasteiger charge is 2.12. The summed E-state index contributed by atoms with van der Waals surface area (Å²) in [5.74, 6) is 2.36. The Morgan fingerprint density at radius 1 is 1.12 bits per heavy atom. The smallest absolute Gasteiger partial charge is 0.171 e. The van der Waals surface area contributed by atoms with E-state index < -0.39 is 0 Å². The van der Waals surface area contributed by atoms with E-state index >= 15 is 0 Å². The van der Waals surface area contributed by atoms with Gasteiger partial charge in [-0.3, -0.25) is 0 Å². The number of hydrogen-bond acceptors (Lipinski definition) is 4. The Morgan fingerprint density at radius 2 is 1.96 bits per heavy atom. The fourth-order valence-corrected chi connectivity index (χ4v) is 2.58. The molecular weight excluding hydrogens is 324 g/mol. The second-order valence-corrected chi connectivity index (χ2v) is 5.65. The molecule has 0 radical (unpaired) electrons. The van der Waals surface area contributed by atoms with Crippen LogP contribution < -0.4 is 24.8 Å². The van der Waals surface area contributed by atoms with E-state index in [1.54, 1.807) is 0 Å². The van der Waals surface area contributed by atoms with Gasteiger partial charge in [-0.25, -0.2) is 0 Å². The van der Waals surface area contributed by atoms with E-state index in [2.05, 4.69) is 10.6 Å². The quantitative estimate of drug-likeness (QED) is 0.812. The third kappa shape index (κ3) is 4.29. The number of hydrogen-bond donors (Lipinski definition) is 2. The maximum absolute atomic E-state index is 5.57. The lowest BCUT2D eigenvalue weighted by molar-refractivity contribution is 0.171. The third-order valence-corrected chi connectivity index (χ3v) is 3.71. The van der Waals surface area contributed by atoms with Crippen LogP contribution in [0.3, 0.4) is 0 Å². The summed E-state index contributed by atoms with van der Waals surface area (Å²) in [5, 5.41) is 6.89. The summed E-state index contributed by atoms with van der Waals surface area (Å²) in [6.07, 6.45) is 0. The first-order valence-corrected chi connectivity index (χ1v) is 8.31. The van der Waals surface area contributed by atoms with Gasteiger partial charge in [0.25, 0.3) is 0 Å². The molecular formula is C18H20N2O3S. The van der Waals surface area contributed by atoms with Crippen LogP contribution >= 0.6 is 12.2 Å². The van der Waals surface area contributed by atoms with Gasteiger partial charge in [-0.15, -0.1) is 0 Å². The van der Waals surface area contributed by atoms with Gasteiger partial charge in [-0.1, -0.05) is 12.1 Å². The summed E-state index contributed by atoms with van der Waals surface area (Å²) in [6, 6.07) is 13.6. The Hall–Kier alpha value is -2.47. The van der Waals surface area contributed by atoms with Crippen molar-refractivity contribution < 1.29 is 14.2 Å². The number of benzene rings is 2. The molecule has 6 heteroatoms. The molecule has 0 aromatic heterocycles. The summed E-state index contributed by atoms with van der Waals surface area (Å²) in [4.78, 5) is 0. The summed E-state index contributed by atoms with van der Waals surface area (Å²) in [6.45, 7) is 4.39. The summed E-state index contributed by atoms with van der Waals surface area (Å²) in [7, 11) is 0. The zero-order valence-electron chi connectivity index (χ0n) is 13.5. The minimum atomic E-state index is 0.550. The highest BCUT2D eigenvalue weighted by molar-refractivity contribution is 7.80. The summed E-state index contributed by atoms with van der Waals surface area (Å²) < 4.78 is 16.6. The van der Waals surface area contributed by atoms with E-state index in [0.717, 1.165) is 28.5 Å². The van der Waals surface area contributed by atoms with Crippen molar-refractivity contribution in [3.63, 3.8) is 0 Å². The zero-order chi connectivity index (χ0) is 16.8. The molecule has 2 aromatic carbocycles. The van der Waals surface area contributed by atoms with Crippen LogP contribution in [0.2, 0.25) is 0 Å². The topological polar surface area (TPSA) is 51.8 Å². The molecule has 5 nitrogen and oxygen atoms in total. The number of rotatable bonds is 5. The van der Waals surface area contributed by atoms with E-state index in [0.29, 0.717) is 31.5 Å². The summed E-state index contributed by atoms with van der Waals surface area (Å²) >= 11 is 5.35. The van der Waals surface area contributed by atoms with Crippen LogP contribution in [0.1, 0.15) is 12.5 Å². The Balaban J connectivity index is 1.55. The van der Waals surface area contributed by atoms with Crippen LogP contribution in [-0.4, -0.2) is 24.9 Å². The lowest BCUT2D eigenvalue weighted by atomic mass is 10.2. The van der Waals surface area contributed by atoms with Gasteiger partial charge in [-0.05, 0) is 49.0 Å². The number of fused-ring (bicyclic) bond motifs is 1. The molecule has 0 fully saturated rings. The molecule has 24 heavy (non-hydrogen) atoms. The first-order chi connectivity index (χ1) is 11.7. The average Bonchev–Trinajstić information content (AvgIpc) is 2.61. The lowest BCUT2D eigenvalue weighted by Gasteiger charge is -2.19. The van der Waals surface area contributed by atoms with Gasteiger partial charge in [0.15, 0.2) is 16.6 Å². The molecule has 0 aliphatic carbocycles. The molecule has 0 saturated carbocycles. The zero-order valence-corrected chi connectivity index (χ0v) is 14.3. The highest BCUT2D eigenvalue weighted by atomic mass is 32.1. The van der Waals surface area contributed by atoms with E-state index in [-0.39, 0.29) is 0 Å². The predicted octanol–water partition coefficient (Wildman–Crippen LogP) is 3.34.